The predicted octanol–water partition coefficient (Wildman–Crippen LogP) is 1.23. The van der Waals surface area contributed by atoms with Crippen LogP contribution >= 0.6 is 0 Å². The molecule has 0 aliphatic carbocycles. The minimum atomic E-state index is 0.125. The van der Waals surface area contributed by atoms with Gasteiger partial charge < -0.3 is 10.3 Å². The molecule has 0 fully saturated rings. The highest BCUT2D eigenvalue weighted by Crippen LogP contribution is 2.20. The number of aryl methyl sites for hydroxylation is 1. The molecule has 1 atom stereocenters. The minimum Gasteiger partial charge on any atom is -0.337 e. The van der Waals surface area contributed by atoms with E-state index in [1.54, 1.807) is 0 Å². The molecule has 0 bridgehead atoms. The lowest BCUT2D eigenvalue weighted by molar-refractivity contribution is 0.174. The summed E-state index contributed by atoms with van der Waals surface area (Å²) in [5, 5.41) is 0. The van der Waals surface area contributed by atoms with Gasteiger partial charge in [0.1, 0.15) is 5.82 Å². The van der Waals surface area contributed by atoms with E-state index in [-0.39, 0.29) is 11.5 Å². The van der Waals surface area contributed by atoms with E-state index < -0.39 is 0 Å². The van der Waals surface area contributed by atoms with Crippen LogP contribution < -0.4 is 5.73 Å². The Morgan fingerprint density at radius 3 is 2.62 bits per heavy atom. The number of nitrogens with two attached hydrogens (primary N) is 1. The van der Waals surface area contributed by atoms with Crippen LogP contribution in [0.2, 0.25) is 0 Å². The zero-order valence-corrected chi connectivity index (χ0v) is 11.1. The first-order valence-corrected chi connectivity index (χ1v) is 5.73. The monoisotopic (exact) mass is 224 g/mol. The summed E-state index contributed by atoms with van der Waals surface area (Å²) >= 11 is 0. The van der Waals surface area contributed by atoms with Crippen LogP contribution in [0.25, 0.3) is 0 Å². The molecule has 0 saturated heterocycles. The van der Waals surface area contributed by atoms with Crippen molar-refractivity contribution in [2.24, 2.45) is 18.2 Å². The second kappa shape index (κ2) is 4.97. The average Bonchev–Trinajstić information content (AvgIpc) is 2.50. The van der Waals surface area contributed by atoms with Gasteiger partial charge in [-0.15, -0.1) is 0 Å². The molecule has 2 N–H and O–H groups in total. The Bertz CT molecular complexity index is 328. The zero-order valence-electron chi connectivity index (χ0n) is 11.1. The lowest BCUT2D eigenvalue weighted by atomic mass is 9.85. The zero-order chi connectivity index (χ0) is 12.3. The first kappa shape index (κ1) is 13.2. The molecule has 92 valence electrons. The lowest BCUT2D eigenvalue weighted by Crippen LogP contribution is -2.43. The van der Waals surface area contributed by atoms with Crippen molar-refractivity contribution in [3.8, 4) is 0 Å². The summed E-state index contributed by atoms with van der Waals surface area (Å²) in [6.07, 6.45) is 3.81. The van der Waals surface area contributed by atoms with E-state index in [4.69, 9.17) is 5.73 Å². The van der Waals surface area contributed by atoms with Gasteiger partial charge in [-0.25, -0.2) is 4.98 Å². The summed E-state index contributed by atoms with van der Waals surface area (Å²) in [6.45, 7) is 8.30. The van der Waals surface area contributed by atoms with E-state index in [9.17, 15) is 0 Å². The van der Waals surface area contributed by atoms with Crippen molar-refractivity contribution in [1.29, 1.82) is 0 Å². The maximum atomic E-state index is 5.97. The molecule has 0 amide bonds. The van der Waals surface area contributed by atoms with Crippen molar-refractivity contribution in [3.63, 3.8) is 0 Å². The molecule has 1 heterocycles. The molecule has 0 saturated carbocycles. The van der Waals surface area contributed by atoms with Gasteiger partial charge in [0, 0.05) is 32.0 Å². The smallest absolute Gasteiger partial charge is 0.122 e. The molecule has 0 aliphatic heterocycles. The minimum absolute atomic E-state index is 0.125. The number of rotatable bonds is 5. The maximum absolute atomic E-state index is 5.97. The molecule has 0 spiro atoms. The van der Waals surface area contributed by atoms with Gasteiger partial charge in [-0.1, -0.05) is 13.8 Å². The van der Waals surface area contributed by atoms with Crippen LogP contribution in [0.15, 0.2) is 12.4 Å². The first-order valence-electron chi connectivity index (χ1n) is 5.73. The van der Waals surface area contributed by atoms with E-state index in [0.717, 1.165) is 18.9 Å². The highest BCUT2D eigenvalue weighted by atomic mass is 15.2. The second-order valence-corrected chi connectivity index (χ2v) is 5.40. The Morgan fingerprint density at radius 2 is 2.19 bits per heavy atom. The second-order valence-electron chi connectivity index (χ2n) is 5.40. The van der Waals surface area contributed by atoms with E-state index in [1.807, 2.05) is 19.4 Å². The summed E-state index contributed by atoms with van der Waals surface area (Å²) in [5.41, 5.74) is 6.10. The van der Waals surface area contributed by atoms with Crippen molar-refractivity contribution in [2.75, 3.05) is 13.6 Å². The Labute approximate surface area is 98.5 Å². The topological polar surface area (TPSA) is 47.1 Å². The van der Waals surface area contributed by atoms with Crippen LogP contribution in [0, 0.1) is 5.41 Å². The number of nitrogens with zero attached hydrogens (tertiary/aromatic N) is 3. The van der Waals surface area contributed by atoms with E-state index >= 15 is 0 Å². The standard InChI is InChI=1S/C12H24N4/c1-10(13)12(2,3)9-15(4)8-11-14-6-7-16(11)5/h6-7,10H,8-9,13H2,1-5H3. The Hall–Kier alpha value is -0.870. The highest BCUT2D eigenvalue weighted by molar-refractivity contribution is 4.91. The van der Waals surface area contributed by atoms with Crippen LogP contribution in [0.1, 0.15) is 26.6 Å². The molecular formula is C12H24N4. The molecular weight excluding hydrogens is 200 g/mol. The summed E-state index contributed by atoms with van der Waals surface area (Å²) < 4.78 is 2.05. The number of hydrogen-bond donors (Lipinski definition) is 1. The van der Waals surface area contributed by atoms with Gasteiger partial charge in [-0.2, -0.15) is 0 Å². The first-order chi connectivity index (χ1) is 7.33. The van der Waals surface area contributed by atoms with Gasteiger partial charge in [0.05, 0.1) is 6.54 Å². The summed E-state index contributed by atoms with van der Waals surface area (Å²) in [7, 11) is 4.13. The fourth-order valence-electron chi connectivity index (χ4n) is 1.69. The van der Waals surface area contributed by atoms with E-state index in [2.05, 4.69) is 42.3 Å². The van der Waals surface area contributed by atoms with Crippen LogP contribution in [-0.2, 0) is 13.6 Å². The fourth-order valence-corrected chi connectivity index (χ4v) is 1.69. The summed E-state index contributed by atoms with van der Waals surface area (Å²) in [6, 6.07) is 0.191. The molecule has 0 radical (unpaired) electrons. The average molecular weight is 224 g/mol. The number of hydrogen-bond acceptors (Lipinski definition) is 3. The molecule has 1 rings (SSSR count). The Kier molecular flexibility index (Phi) is 4.10. The SMILES string of the molecule is CC(N)C(C)(C)CN(C)Cc1nccn1C. The van der Waals surface area contributed by atoms with Crippen LogP contribution in [0.5, 0.6) is 0 Å². The molecule has 16 heavy (non-hydrogen) atoms. The van der Waals surface area contributed by atoms with Crippen LogP contribution in [-0.4, -0.2) is 34.1 Å². The third kappa shape index (κ3) is 3.32. The van der Waals surface area contributed by atoms with Crippen LogP contribution in [0.4, 0.5) is 0 Å². The lowest BCUT2D eigenvalue weighted by Gasteiger charge is -2.33. The van der Waals surface area contributed by atoms with E-state index in [1.165, 1.54) is 0 Å². The van der Waals surface area contributed by atoms with Crippen molar-refractivity contribution in [3.05, 3.63) is 18.2 Å². The molecule has 1 unspecified atom stereocenters. The highest BCUT2D eigenvalue weighted by Gasteiger charge is 2.24. The number of imidazole rings is 1. The van der Waals surface area contributed by atoms with Gasteiger partial charge in [-0.3, -0.25) is 4.90 Å². The summed E-state index contributed by atoms with van der Waals surface area (Å²) in [4.78, 5) is 6.59. The van der Waals surface area contributed by atoms with Gasteiger partial charge >= 0.3 is 0 Å². The van der Waals surface area contributed by atoms with Gasteiger partial charge in [0.2, 0.25) is 0 Å². The largest absolute Gasteiger partial charge is 0.337 e. The third-order valence-corrected chi connectivity index (χ3v) is 3.24. The molecule has 4 heteroatoms. The molecule has 4 nitrogen and oxygen atoms in total. The summed E-state index contributed by atoms with van der Waals surface area (Å²) in [5.74, 6) is 1.09. The molecule has 1 aromatic rings. The van der Waals surface area contributed by atoms with E-state index in [0.29, 0.717) is 0 Å². The van der Waals surface area contributed by atoms with Gasteiger partial charge in [-0.05, 0) is 19.4 Å². The molecule has 0 aromatic carbocycles. The van der Waals surface area contributed by atoms with Crippen molar-refractivity contribution < 1.29 is 0 Å². The Balaban J connectivity index is 2.54. The third-order valence-electron chi connectivity index (χ3n) is 3.24. The van der Waals surface area contributed by atoms with Gasteiger partial charge in [0.25, 0.3) is 0 Å². The van der Waals surface area contributed by atoms with Gasteiger partial charge in [0.15, 0.2) is 0 Å². The Morgan fingerprint density at radius 1 is 1.56 bits per heavy atom. The maximum Gasteiger partial charge on any atom is 0.122 e. The van der Waals surface area contributed by atoms with Crippen molar-refractivity contribution in [2.45, 2.75) is 33.4 Å². The normalized spacial score (nSPS) is 14.4. The molecule has 0 aliphatic rings. The predicted molar refractivity (Wildman–Crippen MR) is 67.0 cm³/mol. The van der Waals surface area contributed by atoms with Crippen molar-refractivity contribution in [1.82, 2.24) is 14.5 Å². The van der Waals surface area contributed by atoms with Crippen LogP contribution in [0.3, 0.4) is 0 Å². The van der Waals surface area contributed by atoms with Crippen molar-refractivity contribution >= 4 is 0 Å². The quantitative estimate of drug-likeness (QED) is 0.818. The number of aromatic nitrogens is 2. The fraction of sp³-hybridized carbons (Fsp3) is 0.750. The molecule has 1 aromatic heterocycles.